The molecule has 0 aromatic rings. The van der Waals surface area contributed by atoms with Crippen LogP contribution in [0.15, 0.2) is 0 Å². The summed E-state index contributed by atoms with van der Waals surface area (Å²) in [4.78, 5) is 21.4. The van der Waals surface area contributed by atoms with Crippen molar-refractivity contribution in [2.24, 2.45) is 11.8 Å². The van der Waals surface area contributed by atoms with Crippen LogP contribution < -0.4 is 0 Å². The fourth-order valence-electron chi connectivity index (χ4n) is 1.56. The first-order valence-corrected chi connectivity index (χ1v) is 6.06. The van der Waals surface area contributed by atoms with Gasteiger partial charge in [0.15, 0.2) is 0 Å². The zero-order valence-corrected chi connectivity index (χ0v) is 10.5. The summed E-state index contributed by atoms with van der Waals surface area (Å²) in [5.74, 6) is -2.32. The van der Waals surface area contributed by atoms with E-state index in [1.807, 2.05) is 13.8 Å². The molecule has 0 aliphatic rings. The van der Waals surface area contributed by atoms with Gasteiger partial charge >= 0.3 is 11.9 Å². The second-order valence-electron chi connectivity index (χ2n) is 4.08. The molecule has 0 aromatic carbocycles. The molecule has 0 fully saturated rings. The molecule has 100 valence electrons. The molecule has 5 nitrogen and oxygen atoms in total. The Bertz CT molecular complexity index is 215. The van der Waals surface area contributed by atoms with E-state index in [0.29, 0.717) is 38.9 Å². The van der Waals surface area contributed by atoms with Crippen molar-refractivity contribution < 1.29 is 24.5 Å². The monoisotopic (exact) mass is 246 g/mol. The second-order valence-corrected chi connectivity index (χ2v) is 4.08. The molecule has 0 aliphatic heterocycles. The van der Waals surface area contributed by atoms with Crippen molar-refractivity contribution in [3.05, 3.63) is 0 Å². The third kappa shape index (κ3) is 6.94. The SMILES string of the molecule is CCC(CCOCCC(CC)C(=O)O)C(=O)O. The van der Waals surface area contributed by atoms with Gasteiger partial charge < -0.3 is 14.9 Å². The maximum absolute atomic E-state index is 10.7. The van der Waals surface area contributed by atoms with E-state index in [2.05, 4.69) is 0 Å². The summed E-state index contributed by atoms with van der Waals surface area (Å²) in [6.45, 7) is 4.41. The highest BCUT2D eigenvalue weighted by atomic mass is 16.5. The van der Waals surface area contributed by atoms with Crippen LogP contribution in [0.2, 0.25) is 0 Å². The molecular formula is C12H22O5. The maximum atomic E-state index is 10.7. The largest absolute Gasteiger partial charge is 0.481 e. The van der Waals surface area contributed by atoms with Crippen molar-refractivity contribution in [1.82, 2.24) is 0 Å². The molecule has 0 rings (SSSR count). The summed E-state index contributed by atoms with van der Waals surface area (Å²) in [5, 5.41) is 17.6. The van der Waals surface area contributed by atoms with Crippen molar-refractivity contribution in [2.45, 2.75) is 39.5 Å². The Kier molecular flexibility index (Phi) is 8.40. The van der Waals surface area contributed by atoms with Crippen LogP contribution in [-0.4, -0.2) is 35.4 Å². The summed E-state index contributed by atoms with van der Waals surface area (Å²) >= 11 is 0. The second kappa shape index (κ2) is 8.98. The van der Waals surface area contributed by atoms with E-state index >= 15 is 0 Å². The van der Waals surface area contributed by atoms with Crippen LogP contribution in [0.3, 0.4) is 0 Å². The molecule has 0 spiro atoms. The van der Waals surface area contributed by atoms with Gasteiger partial charge in [0.25, 0.3) is 0 Å². The van der Waals surface area contributed by atoms with Gasteiger partial charge in [-0.05, 0) is 25.7 Å². The first kappa shape index (κ1) is 15.9. The molecule has 2 atom stereocenters. The van der Waals surface area contributed by atoms with Gasteiger partial charge in [0.05, 0.1) is 11.8 Å². The van der Waals surface area contributed by atoms with Gasteiger partial charge in [-0.25, -0.2) is 0 Å². The van der Waals surface area contributed by atoms with Crippen LogP contribution in [0.1, 0.15) is 39.5 Å². The van der Waals surface area contributed by atoms with Crippen molar-refractivity contribution in [3.8, 4) is 0 Å². The van der Waals surface area contributed by atoms with Gasteiger partial charge in [-0.1, -0.05) is 13.8 Å². The van der Waals surface area contributed by atoms with Gasteiger partial charge in [-0.15, -0.1) is 0 Å². The maximum Gasteiger partial charge on any atom is 0.306 e. The lowest BCUT2D eigenvalue weighted by molar-refractivity contribution is -0.142. The molecule has 0 amide bonds. The third-order valence-corrected chi connectivity index (χ3v) is 2.91. The lowest BCUT2D eigenvalue weighted by atomic mass is 10.0. The molecule has 0 bridgehead atoms. The van der Waals surface area contributed by atoms with E-state index in [0.717, 1.165) is 0 Å². The normalized spacial score (nSPS) is 14.2. The Hall–Kier alpha value is -1.10. The minimum atomic E-state index is -0.798. The van der Waals surface area contributed by atoms with Crippen LogP contribution in [0.4, 0.5) is 0 Å². The summed E-state index contributed by atoms with van der Waals surface area (Å²) in [7, 11) is 0. The van der Waals surface area contributed by atoms with Gasteiger partial charge in [0.1, 0.15) is 0 Å². The van der Waals surface area contributed by atoms with Gasteiger partial charge in [-0.2, -0.15) is 0 Å². The Labute approximate surface area is 102 Å². The number of ether oxygens (including phenoxy) is 1. The number of carboxylic acids is 2. The van der Waals surface area contributed by atoms with Crippen LogP contribution in [-0.2, 0) is 14.3 Å². The molecule has 0 saturated carbocycles. The number of hydrogen-bond acceptors (Lipinski definition) is 3. The van der Waals surface area contributed by atoms with Crippen LogP contribution in [0, 0.1) is 11.8 Å². The van der Waals surface area contributed by atoms with Gasteiger partial charge in [0.2, 0.25) is 0 Å². The number of hydrogen-bond donors (Lipinski definition) is 2. The smallest absolute Gasteiger partial charge is 0.306 e. The van der Waals surface area contributed by atoms with E-state index in [1.54, 1.807) is 0 Å². The minimum Gasteiger partial charge on any atom is -0.481 e. The third-order valence-electron chi connectivity index (χ3n) is 2.91. The fourth-order valence-corrected chi connectivity index (χ4v) is 1.56. The molecule has 0 radical (unpaired) electrons. The lowest BCUT2D eigenvalue weighted by Gasteiger charge is -2.12. The lowest BCUT2D eigenvalue weighted by Crippen LogP contribution is -2.17. The Balaban J connectivity index is 3.64. The van der Waals surface area contributed by atoms with Crippen LogP contribution in [0.5, 0.6) is 0 Å². The van der Waals surface area contributed by atoms with Crippen molar-refractivity contribution >= 4 is 11.9 Å². The first-order chi connectivity index (χ1) is 8.02. The molecule has 0 saturated heterocycles. The molecule has 5 heteroatoms. The summed E-state index contributed by atoms with van der Waals surface area (Å²) in [6, 6.07) is 0. The van der Waals surface area contributed by atoms with Crippen molar-refractivity contribution in [3.63, 3.8) is 0 Å². The molecule has 0 heterocycles. The fraction of sp³-hybridized carbons (Fsp3) is 0.833. The Morgan fingerprint density at radius 1 is 0.941 bits per heavy atom. The van der Waals surface area contributed by atoms with Gasteiger partial charge in [-0.3, -0.25) is 9.59 Å². The van der Waals surface area contributed by atoms with E-state index in [9.17, 15) is 9.59 Å². The van der Waals surface area contributed by atoms with E-state index < -0.39 is 11.9 Å². The van der Waals surface area contributed by atoms with Gasteiger partial charge in [0, 0.05) is 13.2 Å². The van der Waals surface area contributed by atoms with Crippen molar-refractivity contribution in [1.29, 1.82) is 0 Å². The number of aliphatic carboxylic acids is 2. The zero-order chi connectivity index (χ0) is 13.3. The van der Waals surface area contributed by atoms with Crippen molar-refractivity contribution in [2.75, 3.05) is 13.2 Å². The summed E-state index contributed by atoms with van der Waals surface area (Å²) in [6.07, 6.45) is 2.14. The quantitative estimate of drug-likeness (QED) is 0.576. The van der Waals surface area contributed by atoms with Crippen LogP contribution in [0.25, 0.3) is 0 Å². The summed E-state index contributed by atoms with van der Waals surface area (Å²) in [5.41, 5.74) is 0. The highest BCUT2D eigenvalue weighted by Crippen LogP contribution is 2.10. The molecular weight excluding hydrogens is 224 g/mol. The molecule has 2 N–H and O–H groups in total. The topological polar surface area (TPSA) is 83.8 Å². The number of carboxylic acid groups (broad SMARTS) is 2. The summed E-state index contributed by atoms with van der Waals surface area (Å²) < 4.78 is 5.27. The van der Waals surface area contributed by atoms with E-state index in [1.165, 1.54) is 0 Å². The molecule has 0 aliphatic carbocycles. The highest BCUT2D eigenvalue weighted by molar-refractivity contribution is 5.70. The predicted molar refractivity (Wildman–Crippen MR) is 62.9 cm³/mol. The zero-order valence-electron chi connectivity index (χ0n) is 10.5. The Morgan fingerprint density at radius 3 is 1.53 bits per heavy atom. The van der Waals surface area contributed by atoms with E-state index in [4.69, 9.17) is 14.9 Å². The predicted octanol–water partition coefficient (Wildman–Crippen LogP) is 2.00. The first-order valence-electron chi connectivity index (χ1n) is 6.06. The minimum absolute atomic E-state index is 0.364. The van der Waals surface area contributed by atoms with E-state index in [-0.39, 0.29) is 11.8 Å². The number of carbonyl (C=O) groups is 2. The number of rotatable bonds is 10. The standard InChI is InChI=1S/C12H22O5/c1-3-9(11(13)14)5-7-17-8-6-10(4-2)12(15)16/h9-10H,3-8H2,1-2H3,(H,13,14)(H,15,16). The van der Waals surface area contributed by atoms with Crippen LogP contribution >= 0.6 is 0 Å². The molecule has 0 aromatic heterocycles. The average Bonchev–Trinajstić information content (AvgIpc) is 2.27. The average molecular weight is 246 g/mol. The molecule has 2 unspecified atom stereocenters. The Morgan fingerprint density at radius 2 is 1.29 bits per heavy atom. The molecule has 17 heavy (non-hydrogen) atoms. The highest BCUT2D eigenvalue weighted by Gasteiger charge is 2.16.